The van der Waals surface area contributed by atoms with Crippen molar-refractivity contribution in [1.82, 2.24) is 4.72 Å². The summed E-state index contributed by atoms with van der Waals surface area (Å²) >= 11 is 5.53. The van der Waals surface area contributed by atoms with Gasteiger partial charge >= 0.3 is 0 Å². The largest absolute Gasteiger partial charge is 0.382 e. The highest BCUT2D eigenvalue weighted by atomic mass is 35.5. The van der Waals surface area contributed by atoms with Crippen LogP contribution >= 0.6 is 11.6 Å². The van der Waals surface area contributed by atoms with Gasteiger partial charge in [0.05, 0.1) is 0 Å². The van der Waals surface area contributed by atoms with Crippen LogP contribution in [-0.2, 0) is 19.6 Å². The average Bonchev–Trinajstić information content (AvgIpc) is 2.33. The molecule has 0 aliphatic heterocycles. The Morgan fingerprint density at radius 2 is 2.15 bits per heavy atom. The molecule has 0 fully saturated rings. The zero-order chi connectivity index (χ0) is 15.2. The maximum absolute atomic E-state index is 13.5. The van der Waals surface area contributed by atoms with Crippen molar-refractivity contribution >= 4 is 27.5 Å². The van der Waals surface area contributed by atoms with Crippen LogP contribution in [0.15, 0.2) is 23.1 Å². The van der Waals surface area contributed by atoms with E-state index in [1.54, 1.807) is 4.72 Å². The second-order valence-corrected chi connectivity index (χ2v) is 5.99. The Morgan fingerprint density at radius 3 is 2.75 bits per heavy atom. The molecule has 1 aromatic rings. The van der Waals surface area contributed by atoms with E-state index >= 15 is 0 Å². The summed E-state index contributed by atoms with van der Waals surface area (Å²) in [4.78, 5) is 10.9. The van der Waals surface area contributed by atoms with Gasteiger partial charge in [0.2, 0.25) is 5.91 Å². The Morgan fingerprint density at radius 1 is 1.45 bits per heavy atom. The molecule has 0 aliphatic carbocycles. The minimum Gasteiger partial charge on any atom is -0.382 e. The van der Waals surface area contributed by atoms with Gasteiger partial charge in [-0.1, -0.05) is 11.6 Å². The molecule has 1 amide bonds. The first-order valence-electron chi connectivity index (χ1n) is 5.95. The Labute approximate surface area is 122 Å². The molecule has 0 heterocycles. The summed E-state index contributed by atoms with van der Waals surface area (Å²) in [6, 6.07) is 3.11. The molecule has 1 rings (SSSR count). The Balaban J connectivity index is 2.67. The lowest BCUT2D eigenvalue weighted by atomic mass is 10.3. The fourth-order valence-corrected chi connectivity index (χ4v) is 2.66. The SMILES string of the molecule is CCOCCCC(=O)NS(=O)(=O)c1ccc(Cl)cc1F. The Bertz CT molecular complexity index is 577. The van der Waals surface area contributed by atoms with Gasteiger partial charge in [0, 0.05) is 24.7 Å². The van der Waals surface area contributed by atoms with Crippen LogP contribution in [0.3, 0.4) is 0 Å². The van der Waals surface area contributed by atoms with E-state index in [4.69, 9.17) is 16.3 Å². The number of amides is 1. The van der Waals surface area contributed by atoms with Crippen molar-refractivity contribution in [1.29, 1.82) is 0 Å². The second kappa shape index (κ2) is 7.56. The summed E-state index contributed by atoms with van der Waals surface area (Å²) in [5.74, 6) is -1.72. The highest BCUT2D eigenvalue weighted by Gasteiger charge is 2.21. The maximum atomic E-state index is 13.5. The highest BCUT2D eigenvalue weighted by molar-refractivity contribution is 7.90. The van der Waals surface area contributed by atoms with E-state index in [0.717, 1.165) is 12.1 Å². The molecule has 0 atom stereocenters. The Hall–Kier alpha value is -1.18. The van der Waals surface area contributed by atoms with Crippen LogP contribution in [0.1, 0.15) is 19.8 Å². The number of rotatable bonds is 7. The molecule has 8 heteroatoms. The van der Waals surface area contributed by atoms with Crippen molar-refractivity contribution in [3.05, 3.63) is 29.0 Å². The highest BCUT2D eigenvalue weighted by Crippen LogP contribution is 2.18. The van der Waals surface area contributed by atoms with Gasteiger partial charge in [0.25, 0.3) is 10.0 Å². The van der Waals surface area contributed by atoms with Crippen molar-refractivity contribution < 1.29 is 22.3 Å². The number of halogens is 2. The number of hydrogen-bond donors (Lipinski definition) is 1. The lowest BCUT2D eigenvalue weighted by molar-refractivity contribution is -0.119. The second-order valence-electron chi connectivity index (χ2n) is 3.90. The summed E-state index contributed by atoms with van der Waals surface area (Å²) in [5.41, 5.74) is 0. The van der Waals surface area contributed by atoms with Gasteiger partial charge in [-0.25, -0.2) is 17.5 Å². The molecule has 1 aromatic carbocycles. The van der Waals surface area contributed by atoms with Crippen LogP contribution in [-0.4, -0.2) is 27.5 Å². The molecule has 0 saturated heterocycles. The topological polar surface area (TPSA) is 72.5 Å². The van der Waals surface area contributed by atoms with Gasteiger partial charge in [-0.2, -0.15) is 0 Å². The number of nitrogens with one attached hydrogen (secondary N) is 1. The van der Waals surface area contributed by atoms with E-state index in [2.05, 4.69) is 0 Å². The number of sulfonamides is 1. The minimum absolute atomic E-state index is 0.0194. The molecule has 0 saturated carbocycles. The number of carbonyl (C=O) groups excluding carboxylic acids is 1. The molecule has 0 spiro atoms. The van der Waals surface area contributed by atoms with Crippen LogP contribution in [0.2, 0.25) is 5.02 Å². The van der Waals surface area contributed by atoms with E-state index in [0.29, 0.717) is 19.6 Å². The number of ether oxygens (including phenoxy) is 1. The van der Waals surface area contributed by atoms with Crippen molar-refractivity contribution in [2.75, 3.05) is 13.2 Å². The fourth-order valence-electron chi connectivity index (χ4n) is 1.43. The molecule has 0 bridgehead atoms. The van der Waals surface area contributed by atoms with Gasteiger partial charge < -0.3 is 4.74 Å². The third-order valence-electron chi connectivity index (χ3n) is 2.33. The van der Waals surface area contributed by atoms with Crippen LogP contribution < -0.4 is 4.72 Å². The maximum Gasteiger partial charge on any atom is 0.266 e. The van der Waals surface area contributed by atoms with Gasteiger partial charge in [0.15, 0.2) is 0 Å². The predicted molar refractivity (Wildman–Crippen MR) is 72.5 cm³/mol. The molecule has 20 heavy (non-hydrogen) atoms. The van der Waals surface area contributed by atoms with E-state index in [9.17, 15) is 17.6 Å². The number of carbonyl (C=O) groups is 1. The van der Waals surface area contributed by atoms with Gasteiger partial charge in [-0.15, -0.1) is 0 Å². The van der Waals surface area contributed by atoms with Crippen LogP contribution in [0.4, 0.5) is 4.39 Å². The zero-order valence-corrected chi connectivity index (χ0v) is 12.4. The first-order chi connectivity index (χ1) is 9.36. The van der Waals surface area contributed by atoms with E-state index in [1.165, 1.54) is 6.07 Å². The summed E-state index contributed by atoms with van der Waals surface area (Å²) in [6.07, 6.45) is 0.368. The average molecular weight is 324 g/mol. The summed E-state index contributed by atoms with van der Waals surface area (Å²) in [7, 11) is -4.22. The molecule has 0 aromatic heterocycles. The van der Waals surface area contributed by atoms with Crippen LogP contribution in [0, 0.1) is 5.82 Å². The molecule has 112 valence electrons. The third-order valence-corrected chi connectivity index (χ3v) is 3.97. The summed E-state index contributed by atoms with van der Waals surface area (Å²) in [6.45, 7) is 2.70. The summed E-state index contributed by atoms with van der Waals surface area (Å²) in [5, 5.41) is 0.0736. The van der Waals surface area contributed by atoms with Crippen molar-refractivity contribution in [3.8, 4) is 0 Å². The molecule has 0 radical (unpaired) electrons. The van der Waals surface area contributed by atoms with Crippen molar-refractivity contribution in [3.63, 3.8) is 0 Å². The van der Waals surface area contributed by atoms with Gasteiger partial charge in [-0.05, 0) is 31.5 Å². The standard InChI is InChI=1S/C12H15ClFNO4S/c1-2-19-7-3-4-12(16)15-20(17,18)11-6-5-9(13)8-10(11)14/h5-6,8H,2-4,7H2,1H3,(H,15,16). The molecule has 0 unspecified atom stereocenters. The van der Waals surface area contributed by atoms with Gasteiger partial charge in [0.1, 0.15) is 10.7 Å². The Kier molecular flexibility index (Phi) is 6.38. The molecule has 0 aliphatic rings. The molecule has 5 nitrogen and oxygen atoms in total. The van der Waals surface area contributed by atoms with Crippen molar-refractivity contribution in [2.45, 2.75) is 24.7 Å². The number of benzene rings is 1. The number of hydrogen-bond acceptors (Lipinski definition) is 4. The molecular formula is C12H15ClFNO4S. The lowest BCUT2D eigenvalue weighted by Gasteiger charge is -2.08. The smallest absolute Gasteiger partial charge is 0.266 e. The van der Waals surface area contributed by atoms with E-state index < -0.39 is 26.6 Å². The first-order valence-corrected chi connectivity index (χ1v) is 7.81. The van der Waals surface area contributed by atoms with Gasteiger partial charge in [-0.3, -0.25) is 4.79 Å². The monoisotopic (exact) mass is 323 g/mol. The van der Waals surface area contributed by atoms with E-state index in [-0.39, 0.29) is 11.4 Å². The summed E-state index contributed by atoms with van der Waals surface area (Å²) < 4.78 is 44.0. The van der Waals surface area contributed by atoms with E-state index in [1.807, 2.05) is 6.92 Å². The minimum atomic E-state index is -4.22. The van der Waals surface area contributed by atoms with Crippen LogP contribution in [0.5, 0.6) is 0 Å². The van der Waals surface area contributed by atoms with Crippen LogP contribution in [0.25, 0.3) is 0 Å². The lowest BCUT2D eigenvalue weighted by Crippen LogP contribution is -2.31. The first kappa shape index (κ1) is 16.9. The predicted octanol–water partition coefficient (Wildman–Crippen LogP) is 2.10. The third kappa shape index (κ3) is 5.07. The quantitative estimate of drug-likeness (QED) is 0.780. The molecule has 1 N–H and O–H groups in total. The van der Waals surface area contributed by atoms with Crippen molar-refractivity contribution in [2.24, 2.45) is 0 Å². The molecular weight excluding hydrogens is 309 g/mol. The zero-order valence-electron chi connectivity index (χ0n) is 10.9. The fraction of sp³-hybridized carbons (Fsp3) is 0.417. The normalized spacial score (nSPS) is 11.3.